The summed E-state index contributed by atoms with van der Waals surface area (Å²) in [5.74, 6) is -0.425. The Morgan fingerprint density at radius 1 is 1.25 bits per heavy atom. The van der Waals surface area contributed by atoms with Gasteiger partial charge < -0.3 is 15.0 Å². The molecular formula is C17H17N5O2. The van der Waals surface area contributed by atoms with Gasteiger partial charge in [0.1, 0.15) is 5.65 Å². The van der Waals surface area contributed by atoms with Crippen LogP contribution < -0.4 is 10.6 Å². The number of rotatable bonds is 5. The zero-order chi connectivity index (χ0) is 16.9. The van der Waals surface area contributed by atoms with Gasteiger partial charge in [-0.15, -0.1) is 0 Å². The lowest BCUT2D eigenvalue weighted by atomic mass is 10.0. The van der Waals surface area contributed by atoms with Gasteiger partial charge in [0.15, 0.2) is 0 Å². The van der Waals surface area contributed by atoms with Crippen molar-refractivity contribution in [1.82, 2.24) is 25.0 Å². The van der Waals surface area contributed by atoms with Crippen molar-refractivity contribution < 1.29 is 9.59 Å². The summed E-state index contributed by atoms with van der Waals surface area (Å²) < 4.78 is 1.82. The van der Waals surface area contributed by atoms with Crippen LogP contribution in [0.5, 0.6) is 0 Å². The van der Waals surface area contributed by atoms with E-state index in [1.807, 2.05) is 10.5 Å². The molecular weight excluding hydrogens is 306 g/mol. The van der Waals surface area contributed by atoms with Crippen molar-refractivity contribution in [1.29, 1.82) is 0 Å². The van der Waals surface area contributed by atoms with Gasteiger partial charge in [-0.05, 0) is 23.8 Å². The van der Waals surface area contributed by atoms with Gasteiger partial charge in [0.25, 0.3) is 5.91 Å². The third kappa shape index (κ3) is 3.40. The SMILES string of the molecule is CNC(=O)CC(NC(=O)c1ccn2ccnc2c1)c1cccnc1. The number of hydrogen-bond donors (Lipinski definition) is 2. The number of carbonyl (C=O) groups is 2. The molecule has 0 spiro atoms. The lowest BCUT2D eigenvalue weighted by Crippen LogP contribution is -2.32. The molecule has 0 saturated carbocycles. The maximum absolute atomic E-state index is 12.6. The summed E-state index contributed by atoms with van der Waals surface area (Å²) in [6.45, 7) is 0. The molecule has 0 radical (unpaired) electrons. The first-order valence-electron chi connectivity index (χ1n) is 7.51. The van der Waals surface area contributed by atoms with E-state index in [9.17, 15) is 9.59 Å². The Balaban J connectivity index is 1.82. The van der Waals surface area contributed by atoms with Gasteiger partial charge in [-0.2, -0.15) is 0 Å². The first kappa shape index (κ1) is 15.7. The molecule has 3 aromatic rings. The van der Waals surface area contributed by atoms with E-state index in [0.29, 0.717) is 11.2 Å². The fourth-order valence-corrected chi connectivity index (χ4v) is 2.41. The van der Waals surface area contributed by atoms with Crippen LogP contribution in [0.1, 0.15) is 28.4 Å². The van der Waals surface area contributed by atoms with Crippen molar-refractivity contribution in [2.45, 2.75) is 12.5 Å². The molecule has 122 valence electrons. The van der Waals surface area contributed by atoms with Crippen LogP contribution in [0.2, 0.25) is 0 Å². The second-order valence-corrected chi connectivity index (χ2v) is 5.30. The fraction of sp³-hybridized carbons (Fsp3) is 0.176. The van der Waals surface area contributed by atoms with Crippen LogP contribution in [0, 0.1) is 0 Å². The largest absolute Gasteiger partial charge is 0.359 e. The molecule has 0 saturated heterocycles. The molecule has 0 aliphatic rings. The molecule has 0 bridgehead atoms. The minimum Gasteiger partial charge on any atom is -0.359 e. The molecule has 0 aliphatic carbocycles. The highest BCUT2D eigenvalue weighted by atomic mass is 16.2. The van der Waals surface area contributed by atoms with E-state index < -0.39 is 6.04 Å². The fourth-order valence-electron chi connectivity index (χ4n) is 2.41. The quantitative estimate of drug-likeness (QED) is 0.741. The van der Waals surface area contributed by atoms with E-state index >= 15 is 0 Å². The van der Waals surface area contributed by atoms with Gasteiger partial charge in [-0.25, -0.2) is 4.98 Å². The van der Waals surface area contributed by atoms with Gasteiger partial charge in [0.2, 0.25) is 5.91 Å². The molecule has 1 unspecified atom stereocenters. The molecule has 2 amide bonds. The number of hydrogen-bond acceptors (Lipinski definition) is 4. The summed E-state index contributed by atoms with van der Waals surface area (Å²) in [5, 5.41) is 5.47. The average molecular weight is 323 g/mol. The molecule has 7 nitrogen and oxygen atoms in total. The van der Waals surface area contributed by atoms with Gasteiger partial charge in [-0.1, -0.05) is 6.07 Å². The third-order valence-corrected chi connectivity index (χ3v) is 3.72. The number of carbonyl (C=O) groups excluding carboxylic acids is 2. The zero-order valence-electron chi connectivity index (χ0n) is 13.1. The Morgan fingerprint density at radius 2 is 2.12 bits per heavy atom. The Morgan fingerprint density at radius 3 is 2.88 bits per heavy atom. The van der Waals surface area contributed by atoms with Crippen molar-refractivity contribution in [3.8, 4) is 0 Å². The normalized spacial score (nSPS) is 11.9. The monoisotopic (exact) mass is 323 g/mol. The Bertz CT molecular complexity index is 860. The molecule has 7 heteroatoms. The second-order valence-electron chi connectivity index (χ2n) is 5.30. The lowest BCUT2D eigenvalue weighted by molar-refractivity contribution is -0.121. The van der Waals surface area contributed by atoms with Crippen LogP contribution in [-0.2, 0) is 4.79 Å². The van der Waals surface area contributed by atoms with Crippen LogP contribution in [0.3, 0.4) is 0 Å². The van der Waals surface area contributed by atoms with Crippen LogP contribution >= 0.6 is 0 Å². The van der Waals surface area contributed by atoms with Crippen LogP contribution in [0.15, 0.2) is 55.2 Å². The number of pyridine rings is 2. The summed E-state index contributed by atoms with van der Waals surface area (Å²) in [6, 6.07) is 6.56. The highest BCUT2D eigenvalue weighted by Crippen LogP contribution is 2.17. The van der Waals surface area contributed by atoms with E-state index in [4.69, 9.17) is 0 Å². The third-order valence-electron chi connectivity index (χ3n) is 3.72. The Kier molecular flexibility index (Phi) is 4.51. The molecule has 3 heterocycles. The van der Waals surface area contributed by atoms with Crippen molar-refractivity contribution >= 4 is 17.5 Å². The number of imidazole rings is 1. The maximum atomic E-state index is 12.6. The molecule has 0 aliphatic heterocycles. The molecule has 0 aromatic carbocycles. The molecule has 3 aromatic heterocycles. The van der Waals surface area contributed by atoms with Gasteiger partial charge in [0, 0.05) is 43.6 Å². The van der Waals surface area contributed by atoms with E-state index in [-0.39, 0.29) is 18.2 Å². The second kappa shape index (κ2) is 6.91. The van der Waals surface area contributed by atoms with Crippen molar-refractivity contribution in [3.63, 3.8) is 0 Å². The van der Waals surface area contributed by atoms with E-state index in [0.717, 1.165) is 5.56 Å². The van der Waals surface area contributed by atoms with Crippen molar-refractivity contribution in [2.75, 3.05) is 7.05 Å². The number of aromatic nitrogens is 3. The molecule has 1 atom stereocenters. The number of nitrogens with zero attached hydrogens (tertiary/aromatic N) is 3. The van der Waals surface area contributed by atoms with Crippen molar-refractivity contribution in [3.05, 3.63) is 66.4 Å². The van der Waals surface area contributed by atoms with Crippen molar-refractivity contribution in [2.24, 2.45) is 0 Å². The Labute approximate surface area is 138 Å². The molecule has 24 heavy (non-hydrogen) atoms. The lowest BCUT2D eigenvalue weighted by Gasteiger charge is -2.18. The summed E-state index contributed by atoms with van der Waals surface area (Å²) in [7, 11) is 1.57. The smallest absolute Gasteiger partial charge is 0.251 e. The first-order valence-corrected chi connectivity index (χ1v) is 7.51. The topological polar surface area (TPSA) is 88.4 Å². The first-order chi connectivity index (χ1) is 11.7. The number of nitrogens with one attached hydrogen (secondary N) is 2. The van der Waals surface area contributed by atoms with Gasteiger partial charge in [0.05, 0.1) is 12.5 Å². The van der Waals surface area contributed by atoms with Crippen LogP contribution in [0.4, 0.5) is 0 Å². The summed E-state index contributed by atoms with van der Waals surface area (Å²) >= 11 is 0. The van der Waals surface area contributed by atoms with Gasteiger partial charge >= 0.3 is 0 Å². The van der Waals surface area contributed by atoms with E-state index in [1.165, 1.54) is 0 Å². The van der Waals surface area contributed by atoms with Crippen LogP contribution in [-0.4, -0.2) is 33.2 Å². The van der Waals surface area contributed by atoms with E-state index in [1.54, 1.807) is 56.2 Å². The number of amides is 2. The predicted octanol–water partition coefficient (Wildman–Crippen LogP) is 1.34. The van der Waals surface area contributed by atoms with Crippen LogP contribution in [0.25, 0.3) is 5.65 Å². The maximum Gasteiger partial charge on any atom is 0.251 e. The standard InChI is InChI=1S/C17H17N5O2/c1-18-16(23)10-14(13-3-2-5-19-11-13)21-17(24)12-4-7-22-8-6-20-15(22)9-12/h2-9,11,14H,10H2,1H3,(H,18,23)(H,21,24). The predicted molar refractivity (Wildman–Crippen MR) is 88.3 cm³/mol. The highest BCUT2D eigenvalue weighted by molar-refractivity contribution is 5.95. The zero-order valence-corrected chi connectivity index (χ0v) is 13.1. The molecule has 2 N–H and O–H groups in total. The molecule has 0 fully saturated rings. The summed E-state index contributed by atoms with van der Waals surface area (Å²) in [4.78, 5) is 32.5. The highest BCUT2D eigenvalue weighted by Gasteiger charge is 2.19. The Hall–Kier alpha value is -3.22. The summed E-state index contributed by atoms with van der Waals surface area (Å²) in [6.07, 6.45) is 8.68. The minimum atomic E-state index is -0.456. The minimum absolute atomic E-state index is 0.138. The molecule has 3 rings (SSSR count). The average Bonchev–Trinajstić information content (AvgIpc) is 3.09. The van der Waals surface area contributed by atoms with Gasteiger partial charge in [-0.3, -0.25) is 14.6 Å². The van der Waals surface area contributed by atoms with E-state index in [2.05, 4.69) is 20.6 Å². The summed E-state index contributed by atoms with van der Waals surface area (Å²) in [5.41, 5.74) is 1.95. The number of fused-ring (bicyclic) bond motifs is 1.